The van der Waals surface area contributed by atoms with Gasteiger partial charge in [-0.3, -0.25) is 18.7 Å². The van der Waals surface area contributed by atoms with E-state index in [0.29, 0.717) is 11.5 Å². The van der Waals surface area contributed by atoms with Gasteiger partial charge in [0.1, 0.15) is 11.5 Å². The van der Waals surface area contributed by atoms with Crippen LogP contribution in [0.5, 0.6) is 0 Å². The fraction of sp³-hybridized carbons (Fsp3) is 0.455. The second kappa shape index (κ2) is 6.78. The third-order valence-corrected chi connectivity index (χ3v) is 2.64. The Labute approximate surface area is 131 Å². The molecule has 0 bridgehead atoms. The van der Waals surface area contributed by atoms with E-state index in [9.17, 15) is 9.59 Å². The third kappa shape index (κ3) is 3.33. The minimum absolute atomic E-state index is 0. The first-order valence-electron chi connectivity index (χ1n) is 5.48. The Balaban J connectivity index is 0.000000644. The van der Waals surface area contributed by atoms with Crippen molar-refractivity contribution in [3.63, 3.8) is 0 Å². The van der Waals surface area contributed by atoms with Crippen molar-refractivity contribution in [1.82, 2.24) is 9.13 Å². The van der Waals surface area contributed by atoms with Crippen LogP contribution < -0.4 is 21.0 Å². The molecule has 0 spiro atoms. The number of rotatable bonds is 0. The van der Waals surface area contributed by atoms with Crippen LogP contribution in [0.3, 0.4) is 0 Å². The number of anilines is 2. The molecule has 9 heteroatoms. The fourth-order valence-corrected chi connectivity index (χ4v) is 1.90. The van der Waals surface area contributed by atoms with Crippen molar-refractivity contribution in [2.45, 2.75) is 6.92 Å². The predicted octanol–water partition coefficient (Wildman–Crippen LogP) is -0.822. The number of hydrogen-bond donors (Lipinski definition) is 1. The average Bonchev–Trinajstić information content (AvgIpc) is 2.58. The van der Waals surface area contributed by atoms with Crippen LogP contribution in [0.25, 0.3) is 0 Å². The number of carboxylic acids is 1. The minimum Gasteiger partial charge on any atom is -0.498 e. The Morgan fingerprint density at radius 3 is 1.95 bits per heavy atom. The van der Waals surface area contributed by atoms with Gasteiger partial charge in [0.15, 0.2) is 0 Å². The molecule has 0 aliphatic carbocycles. The second-order valence-electron chi connectivity index (χ2n) is 4.23. The number of aliphatic carboxylic acids is 1. The van der Waals surface area contributed by atoms with Crippen molar-refractivity contribution in [2.75, 3.05) is 23.9 Å². The zero-order chi connectivity index (χ0) is 14.9. The maximum Gasteiger partial charge on any atom is 1.00 e. The standard InChI is InChI=1S/C9H13N4O2.C2H4O2.Ag/c1-10-5-11(2)7-6(10)8(14)13(4)9(15)12(7)3;1-2(3)4;/h5H,1-4H3;1H3,(H,3,4);/q-1;;+1. The zero-order valence-corrected chi connectivity index (χ0v) is 13.3. The van der Waals surface area contributed by atoms with Gasteiger partial charge in [-0.1, -0.05) is 0 Å². The van der Waals surface area contributed by atoms with Gasteiger partial charge >= 0.3 is 28.1 Å². The fourth-order valence-electron chi connectivity index (χ4n) is 1.90. The molecule has 2 rings (SSSR count). The molecule has 0 saturated heterocycles. The van der Waals surface area contributed by atoms with Crippen molar-refractivity contribution in [3.05, 3.63) is 27.5 Å². The van der Waals surface area contributed by atoms with E-state index in [-0.39, 0.29) is 33.6 Å². The second-order valence-corrected chi connectivity index (χ2v) is 4.23. The van der Waals surface area contributed by atoms with Crippen molar-refractivity contribution in [3.8, 4) is 0 Å². The molecule has 116 valence electrons. The Bertz CT molecular complexity index is 618. The number of aromatic nitrogens is 2. The van der Waals surface area contributed by atoms with Crippen LogP contribution in [-0.4, -0.2) is 34.3 Å². The Morgan fingerprint density at radius 1 is 1.05 bits per heavy atom. The number of carboxylic acid groups (broad SMARTS) is 1. The summed E-state index contributed by atoms with van der Waals surface area (Å²) in [6, 6.07) is 0. The molecule has 1 aliphatic rings. The van der Waals surface area contributed by atoms with E-state index in [1.807, 2.05) is 0 Å². The van der Waals surface area contributed by atoms with Gasteiger partial charge in [0, 0.05) is 21.0 Å². The summed E-state index contributed by atoms with van der Waals surface area (Å²) in [5.41, 5.74) is -0.0485. The smallest absolute Gasteiger partial charge is 0.498 e. The number of nitrogens with zero attached hydrogens (tertiary/aromatic N) is 4. The SMILES string of the molecule is CC(=O)O.CN1[CH-]N(C)c2c1c(=O)n(C)c(=O)n2C.[Ag+]. The van der Waals surface area contributed by atoms with Gasteiger partial charge in [0.2, 0.25) is 0 Å². The molecular formula is C11H17AgN4O4. The van der Waals surface area contributed by atoms with E-state index in [2.05, 4.69) is 0 Å². The largest absolute Gasteiger partial charge is 1.00 e. The average molecular weight is 377 g/mol. The van der Waals surface area contributed by atoms with E-state index in [1.165, 1.54) is 11.6 Å². The maximum absolute atomic E-state index is 11.9. The summed E-state index contributed by atoms with van der Waals surface area (Å²) in [5.74, 6) is -0.203. The molecule has 0 amide bonds. The first-order valence-corrected chi connectivity index (χ1v) is 5.48. The number of carbonyl (C=O) groups is 1. The Kier molecular flexibility index (Phi) is 6.27. The number of fused-ring (bicyclic) bond motifs is 1. The van der Waals surface area contributed by atoms with Gasteiger partial charge in [-0.05, 0) is 14.1 Å². The van der Waals surface area contributed by atoms with E-state index < -0.39 is 5.97 Å². The molecule has 2 heterocycles. The maximum atomic E-state index is 11.9. The van der Waals surface area contributed by atoms with Gasteiger partial charge in [-0.25, -0.2) is 4.79 Å². The van der Waals surface area contributed by atoms with Gasteiger partial charge < -0.3 is 14.9 Å². The first kappa shape index (κ1) is 18.5. The molecule has 8 nitrogen and oxygen atoms in total. The topological polar surface area (TPSA) is 87.8 Å². The van der Waals surface area contributed by atoms with E-state index in [0.717, 1.165) is 11.5 Å². The molecule has 20 heavy (non-hydrogen) atoms. The molecule has 1 aromatic rings. The predicted molar refractivity (Wildman–Crippen MR) is 71.3 cm³/mol. The summed E-state index contributed by atoms with van der Waals surface area (Å²) < 4.78 is 2.58. The van der Waals surface area contributed by atoms with Gasteiger partial charge in [-0.2, -0.15) is 6.67 Å². The third-order valence-electron chi connectivity index (χ3n) is 2.64. The molecular weight excluding hydrogens is 360 g/mol. The van der Waals surface area contributed by atoms with Crippen LogP contribution in [0.2, 0.25) is 0 Å². The first-order chi connectivity index (χ1) is 8.68. The molecule has 1 N–H and O–H groups in total. The van der Waals surface area contributed by atoms with Crippen molar-refractivity contribution < 1.29 is 32.3 Å². The molecule has 0 fully saturated rings. The summed E-state index contributed by atoms with van der Waals surface area (Å²) in [7, 11) is 6.73. The van der Waals surface area contributed by atoms with Crippen LogP contribution in [-0.2, 0) is 41.3 Å². The quantitative estimate of drug-likeness (QED) is 0.470. The van der Waals surface area contributed by atoms with Crippen molar-refractivity contribution >= 4 is 17.5 Å². The monoisotopic (exact) mass is 376 g/mol. The molecule has 0 unspecified atom stereocenters. The van der Waals surface area contributed by atoms with E-state index >= 15 is 0 Å². The van der Waals surface area contributed by atoms with Crippen LogP contribution in [0.15, 0.2) is 9.59 Å². The minimum atomic E-state index is -0.833. The van der Waals surface area contributed by atoms with Crippen LogP contribution in [0.1, 0.15) is 6.92 Å². The van der Waals surface area contributed by atoms with Crippen molar-refractivity contribution in [2.24, 2.45) is 14.1 Å². The summed E-state index contributed by atoms with van der Waals surface area (Å²) in [5, 5.41) is 7.42. The number of hydrogen-bond acceptors (Lipinski definition) is 5. The normalized spacial score (nSPS) is 12.2. The summed E-state index contributed by atoms with van der Waals surface area (Å²) >= 11 is 0. The molecule has 0 atom stereocenters. The van der Waals surface area contributed by atoms with Gasteiger partial charge in [0.05, 0.1) is 0 Å². The van der Waals surface area contributed by atoms with E-state index in [1.54, 1.807) is 37.6 Å². The molecule has 1 aliphatic heterocycles. The Morgan fingerprint density at radius 2 is 1.50 bits per heavy atom. The molecule has 0 aromatic carbocycles. The zero-order valence-electron chi connectivity index (χ0n) is 11.8. The summed E-state index contributed by atoms with van der Waals surface area (Å²) in [6.45, 7) is 2.85. The Hall–Kier alpha value is -1.51. The van der Waals surface area contributed by atoms with Crippen molar-refractivity contribution in [1.29, 1.82) is 0 Å². The van der Waals surface area contributed by atoms with Gasteiger partial charge in [-0.15, -0.1) is 0 Å². The molecule has 0 radical (unpaired) electrons. The molecule has 0 saturated carbocycles. The molecule has 1 aromatic heterocycles. The van der Waals surface area contributed by atoms with E-state index in [4.69, 9.17) is 9.90 Å². The van der Waals surface area contributed by atoms with Crippen LogP contribution in [0, 0.1) is 6.67 Å². The summed E-state index contributed by atoms with van der Waals surface area (Å²) in [6.07, 6.45) is 0. The van der Waals surface area contributed by atoms with Crippen LogP contribution >= 0.6 is 0 Å². The van der Waals surface area contributed by atoms with Crippen LogP contribution in [0.4, 0.5) is 11.5 Å². The summed E-state index contributed by atoms with van der Waals surface area (Å²) in [4.78, 5) is 36.0. The van der Waals surface area contributed by atoms with Gasteiger partial charge in [0.25, 0.3) is 11.5 Å².